The fraction of sp³-hybridized carbons (Fsp3) is 0.588. The molecule has 1 rings (SSSR count). The molecule has 6 heteroatoms. The van der Waals surface area contributed by atoms with Gasteiger partial charge in [0.25, 0.3) is 0 Å². The second-order valence-corrected chi connectivity index (χ2v) is 7.45. The van der Waals surface area contributed by atoms with Gasteiger partial charge in [-0.25, -0.2) is 4.98 Å². The van der Waals surface area contributed by atoms with Gasteiger partial charge in [-0.1, -0.05) is 26.8 Å². The molecule has 23 heavy (non-hydrogen) atoms. The molecule has 2 N–H and O–H groups in total. The van der Waals surface area contributed by atoms with Crippen LogP contribution >= 0.6 is 0 Å². The molecule has 0 spiro atoms. The molecule has 0 saturated carbocycles. The molecule has 0 unspecified atom stereocenters. The Kier molecular flexibility index (Phi) is 5.88. The monoisotopic (exact) mass is 322 g/mol. The summed E-state index contributed by atoms with van der Waals surface area (Å²) in [5.74, 6) is -0.479. The van der Waals surface area contributed by atoms with E-state index < -0.39 is 23.1 Å². The molecule has 6 nitrogen and oxygen atoms in total. The molecule has 0 aliphatic heterocycles. The van der Waals surface area contributed by atoms with Crippen molar-refractivity contribution in [3.8, 4) is 0 Å². The number of carbonyl (C=O) groups is 2. The number of hydrogen-bond acceptors (Lipinski definition) is 5. The van der Waals surface area contributed by atoms with E-state index >= 15 is 0 Å². The number of anilines is 1. The summed E-state index contributed by atoms with van der Waals surface area (Å²) in [4.78, 5) is 28.0. The second-order valence-electron chi connectivity index (χ2n) is 7.45. The predicted octanol–water partition coefficient (Wildman–Crippen LogP) is 2.83. The summed E-state index contributed by atoms with van der Waals surface area (Å²) < 4.78 is 5.20. The second kappa shape index (κ2) is 7.08. The number of aliphatic hydroxyl groups is 1. The molecule has 1 aromatic rings. The summed E-state index contributed by atoms with van der Waals surface area (Å²) in [5.41, 5.74) is -0.823. The Hall–Kier alpha value is -1.95. The lowest BCUT2D eigenvalue weighted by molar-refractivity contribution is -0.157. The number of hydrogen-bond donors (Lipinski definition) is 2. The minimum Gasteiger partial charge on any atom is -0.460 e. The molecule has 0 fully saturated rings. The summed E-state index contributed by atoms with van der Waals surface area (Å²) in [6, 6.07) is 3.26. The first-order valence-electron chi connectivity index (χ1n) is 7.56. The first-order valence-corrected chi connectivity index (χ1v) is 7.56. The van der Waals surface area contributed by atoms with Gasteiger partial charge in [-0.3, -0.25) is 9.59 Å². The minimum atomic E-state index is -1.10. The predicted molar refractivity (Wildman–Crippen MR) is 87.7 cm³/mol. The quantitative estimate of drug-likeness (QED) is 0.832. The van der Waals surface area contributed by atoms with E-state index in [9.17, 15) is 14.7 Å². The number of esters is 1. The van der Waals surface area contributed by atoms with Gasteiger partial charge in [0.15, 0.2) is 0 Å². The van der Waals surface area contributed by atoms with Gasteiger partial charge in [-0.2, -0.15) is 0 Å². The third-order valence-corrected chi connectivity index (χ3v) is 2.89. The van der Waals surface area contributed by atoms with Crippen LogP contribution < -0.4 is 5.32 Å². The van der Waals surface area contributed by atoms with Gasteiger partial charge in [-0.05, 0) is 26.8 Å². The Morgan fingerprint density at radius 3 is 2.39 bits per heavy atom. The molecule has 1 aromatic heterocycles. The Bertz CT molecular complexity index is 571. The van der Waals surface area contributed by atoms with Crippen LogP contribution in [0.4, 0.5) is 5.82 Å². The molecule has 0 aromatic carbocycles. The van der Waals surface area contributed by atoms with Crippen molar-refractivity contribution < 1.29 is 19.4 Å². The van der Waals surface area contributed by atoms with E-state index in [1.165, 1.54) is 6.20 Å². The number of ether oxygens (including phenoxy) is 1. The molecule has 0 aliphatic carbocycles. The number of aromatic nitrogens is 1. The van der Waals surface area contributed by atoms with Crippen LogP contribution in [0.1, 0.15) is 59.6 Å². The van der Waals surface area contributed by atoms with Gasteiger partial charge >= 0.3 is 5.97 Å². The summed E-state index contributed by atoms with van der Waals surface area (Å²) in [7, 11) is 0. The van der Waals surface area contributed by atoms with E-state index in [4.69, 9.17) is 4.74 Å². The molecule has 0 saturated heterocycles. The Balaban J connectivity index is 2.88. The van der Waals surface area contributed by atoms with Gasteiger partial charge in [0.1, 0.15) is 11.4 Å². The van der Waals surface area contributed by atoms with Crippen molar-refractivity contribution in [2.24, 2.45) is 5.41 Å². The molecule has 0 bridgehead atoms. The maximum atomic E-state index is 12.1. The maximum absolute atomic E-state index is 12.1. The van der Waals surface area contributed by atoms with Crippen LogP contribution in [0, 0.1) is 5.41 Å². The van der Waals surface area contributed by atoms with Gasteiger partial charge in [0.05, 0.1) is 12.5 Å². The lowest BCUT2D eigenvalue weighted by Crippen LogP contribution is -2.29. The first-order chi connectivity index (χ1) is 10.4. The minimum absolute atomic E-state index is 0.207. The summed E-state index contributed by atoms with van der Waals surface area (Å²) >= 11 is 0. The zero-order valence-electron chi connectivity index (χ0n) is 14.6. The molecule has 1 atom stereocenters. The highest BCUT2D eigenvalue weighted by Crippen LogP contribution is 2.26. The highest BCUT2D eigenvalue weighted by atomic mass is 16.6. The zero-order chi connectivity index (χ0) is 17.8. The number of aliphatic hydroxyl groups excluding tert-OH is 1. The number of carbonyl (C=O) groups excluding carboxylic acids is 2. The van der Waals surface area contributed by atoms with Crippen LogP contribution in [0.3, 0.4) is 0 Å². The van der Waals surface area contributed by atoms with Crippen molar-refractivity contribution in [2.45, 2.75) is 59.7 Å². The summed E-state index contributed by atoms with van der Waals surface area (Å²) in [5, 5.41) is 13.0. The lowest BCUT2D eigenvalue weighted by atomic mass is 9.95. The van der Waals surface area contributed by atoms with E-state index in [2.05, 4.69) is 10.3 Å². The highest BCUT2D eigenvalue weighted by Gasteiger charge is 2.25. The van der Waals surface area contributed by atoms with Crippen LogP contribution in [0.2, 0.25) is 0 Å². The van der Waals surface area contributed by atoms with E-state index in [1.54, 1.807) is 53.7 Å². The Morgan fingerprint density at radius 2 is 1.87 bits per heavy atom. The number of pyridine rings is 1. The fourth-order valence-corrected chi connectivity index (χ4v) is 1.74. The molecular weight excluding hydrogens is 296 g/mol. The van der Waals surface area contributed by atoms with Gasteiger partial charge < -0.3 is 15.2 Å². The Morgan fingerprint density at radius 1 is 1.26 bits per heavy atom. The summed E-state index contributed by atoms with van der Waals surface area (Å²) in [6.45, 7) is 10.6. The smallest absolute Gasteiger partial charge is 0.309 e. The maximum Gasteiger partial charge on any atom is 0.309 e. The molecule has 0 aliphatic rings. The number of nitrogens with one attached hydrogen (secondary N) is 1. The average molecular weight is 322 g/mol. The lowest BCUT2D eigenvalue weighted by Gasteiger charge is -2.22. The van der Waals surface area contributed by atoms with Crippen molar-refractivity contribution in [1.82, 2.24) is 4.98 Å². The van der Waals surface area contributed by atoms with Crippen molar-refractivity contribution in [3.05, 3.63) is 23.9 Å². The normalized spacial score (nSPS) is 13.3. The number of rotatable bonds is 4. The van der Waals surface area contributed by atoms with Crippen molar-refractivity contribution in [1.29, 1.82) is 0 Å². The zero-order valence-corrected chi connectivity index (χ0v) is 14.6. The third-order valence-electron chi connectivity index (χ3n) is 2.89. The highest BCUT2D eigenvalue weighted by molar-refractivity contribution is 5.94. The van der Waals surface area contributed by atoms with Gasteiger partial charge in [0, 0.05) is 17.2 Å². The summed E-state index contributed by atoms with van der Waals surface area (Å²) in [6.07, 6.45) is 0.206. The molecular formula is C17H26N2O4. The van der Waals surface area contributed by atoms with E-state index in [1.807, 2.05) is 0 Å². The van der Waals surface area contributed by atoms with Crippen LogP contribution in [0.5, 0.6) is 0 Å². The van der Waals surface area contributed by atoms with Crippen molar-refractivity contribution in [2.75, 3.05) is 5.32 Å². The van der Waals surface area contributed by atoms with Gasteiger partial charge in [0.2, 0.25) is 5.91 Å². The topological polar surface area (TPSA) is 88.5 Å². The van der Waals surface area contributed by atoms with Crippen LogP contribution in [-0.2, 0) is 14.3 Å². The standard InChI is InChI=1S/C17H26N2O4/c1-16(2,3)15(22)19-14-11(8-7-9-18-14)12(20)10-13(21)23-17(4,5)6/h7-9,12,20H,10H2,1-6H3,(H,18,19,22)/t12-/m0/s1. The average Bonchev–Trinajstić information content (AvgIpc) is 2.35. The third kappa shape index (κ3) is 6.36. The molecule has 1 heterocycles. The molecule has 1 amide bonds. The van der Waals surface area contributed by atoms with E-state index in [0.717, 1.165) is 0 Å². The number of nitrogens with zero attached hydrogens (tertiary/aromatic N) is 1. The van der Waals surface area contributed by atoms with Crippen LogP contribution in [0.25, 0.3) is 0 Å². The van der Waals surface area contributed by atoms with E-state index in [-0.39, 0.29) is 18.1 Å². The largest absolute Gasteiger partial charge is 0.460 e. The van der Waals surface area contributed by atoms with E-state index in [0.29, 0.717) is 5.56 Å². The van der Waals surface area contributed by atoms with Crippen LogP contribution in [0.15, 0.2) is 18.3 Å². The SMILES string of the molecule is CC(C)(C)OC(=O)C[C@H](O)c1cccnc1NC(=O)C(C)(C)C. The van der Waals surface area contributed by atoms with Crippen LogP contribution in [-0.4, -0.2) is 27.6 Å². The van der Waals surface area contributed by atoms with Crippen molar-refractivity contribution >= 4 is 17.7 Å². The number of amides is 1. The molecule has 0 radical (unpaired) electrons. The van der Waals surface area contributed by atoms with Crippen molar-refractivity contribution in [3.63, 3.8) is 0 Å². The van der Waals surface area contributed by atoms with Gasteiger partial charge in [-0.15, -0.1) is 0 Å². The Labute approximate surface area is 137 Å². The fourth-order valence-electron chi connectivity index (χ4n) is 1.74. The molecule has 128 valence electrons. The first kappa shape index (κ1) is 19.1.